The summed E-state index contributed by atoms with van der Waals surface area (Å²) in [6.07, 6.45) is 3.08. The third-order valence-electron chi connectivity index (χ3n) is 4.33. The van der Waals surface area contributed by atoms with Gasteiger partial charge in [0.05, 0.1) is 5.69 Å². The minimum Gasteiger partial charge on any atom is -0.285 e. The van der Waals surface area contributed by atoms with Crippen LogP contribution in [0.4, 0.5) is 5.69 Å². The molecule has 0 aliphatic heterocycles. The monoisotopic (exact) mass is 387 g/mol. The van der Waals surface area contributed by atoms with Crippen LogP contribution in [0.5, 0.6) is 0 Å². The Balaban J connectivity index is 2.24. The van der Waals surface area contributed by atoms with E-state index in [2.05, 4.69) is 5.10 Å². The van der Waals surface area contributed by atoms with Crippen molar-refractivity contribution < 1.29 is 4.79 Å². The number of amides is 1. The van der Waals surface area contributed by atoms with Gasteiger partial charge in [-0.05, 0) is 54.8 Å². The largest absolute Gasteiger partial charge is 0.285 e. The zero-order chi connectivity index (χ0) is 18.8. The molecule has 1 atom stereocenters. The lowest BCUT2D eigenvalue weighted by Gasteiger charge is -2.34. The van der Waals surface area contributed by atoms with Crippen LogP contribution < -0.4 is 4.90 Å². The fraction of sp³-hybridized carbons (Fsp3) is 0.200. The number of carbonyl (C=O) groups is 1. The third kappa shape index (κ3) is 3.48. The first-order valence-corrected chi connectivity index (χ1v) is 8.96. The molecule has 0 aliphatic rings. The van der Waals surface area contributed by atoms with E-state index in [1.807, 2.05) is 62.5 Å². The fourth-order valence-corrected chi connectivity index (χ4v) is 3.39. The van der Waals surface area contributed by atoms with Crippen molar-refractivity contribution in [2.24, 2.45) is 0 Å². The van der Waals surface area contributed by atoms with Gasteiger partial charge in [-0.2, -0.15) is 5.10 Å². The normalized spacial score (nSPS) is 12.0. The minimum absolute atomic E-state index is 0.103. The molecule has 0 radical (unpaired) electrons. The van der Waals surface area contributed by atoms with Crippen LogP contribution in [-0.2, 0) is 4.79 Å². The molecule has 0 fully saturated rings. The molecular weight excluding hydrogens is 369 g/mol. The summed E-state index contributed by atoms with van der Waals surface area (Å²) in [5, 5.41) is 5.64. The highest BCUT2D eigenvalue weighted by Gasteiger charge is 2.29. The van der Waals surface area contributed by atoms with Crippen LogP contribution in [0, 0.1) is 13.8 Å². The molecule has 0 spiro atoms. The van der Waals surface area contributed by atoms with Gasteiger partial charge in [0.1, 0.15) is 0 Å². The fourth-order valence-electron chi connectivity index (χ4n) is 3.11. The van der Waals surface area contributed by atoms with Crippen molar-refractivity contribution in [3.8, 4) is 0 Å². The first-order chi connectivity index (χ1) is 12.4. The summed E-state index contributed by atoms with van der Waals surface area (Å²) in [4.78, 5) is 14.5. The molecule has 134 valence electrons. The summed E-state index contributed by atoms with van der Waals surface area (Å²) in [7, 11) is 0. The molecule has 0 aliphatic carbocycles. The Bertz CT molecular complexity index is 921. The molecular formula is C20H19Cl2N3O. The number of halogens is 2. The maximum atomic E-state index is 12.8. The molecule has 3 rings (SSSR count). The van der Waals surface area contributed by atoms with E-state index in [1.165, 1.54) is 0 Å². The number of hydrogen-bond acceptors (Lipinski definition) is 2. The van der Waals surface area contributed by atoms with Gasteiger partial charge < -0.3 is 0 Å². The van der Waals surface area contributed by atoms with Crippen LogP contribution in [0.1, 0.15) is 29.8 Å². The lowest BCUT2D eigenvalue weighted by Crippen LogP contribution is -2.38. The van der Waals surface area contributed by atoms with Crippen molar-refractivity contribution in [1.29, 1.82) is 0 Å². The highest BCUT2D eigenvalue weighted by atomic mass is 35.5. The number of benzene rings is 2. The molecule has 0 bridgehead atoms. The molecule has 3 aromatic rings. The molecule has 0 saturated heterocycles. The van der Waals surface area contributed by atoms with E-state index in [-0.39, 0.29) is 5.91 Å². The summed E-state index contributed by atoms with van der Waals surface area (Å²) in [5.41, 5.74) is 3.51. The van der Waals surface area contributed by atoms with Crippen LogP contribution in [0.2, 0.25) is 10.0 Å². The van der Waals surface area contributed by atoms with E-state index < -0.39 is 6.17 Å². The van der Waals surface area contributed by atoms with Crippen molar-refractivity contribution in [3.63, 3.8) is 0 Å². The van der Waals surface area contributed by atoms with Crippen LogP contribution in [0.15, 0.2) is 54.9 Å². The van der Waals surface area contributed by atoms with Crippen LogP contribution >= 0.6 is 23.2 Å². The molecule has 1 aromatic heterocycles. The van der Waals surface area contributed by atoms with Gasteiger partial charge in [0.25, 0.3) is 0 Å². The second-order valence-electron chi connectivity index (χ2n) is 6.14. The average molecular weight is 388 g/mol. The Hall–Kier alpha value is -2.30. The van der Waals surface area contributed by atoms with Crippen LogP contribution in [0.25, 0.3) is 0 Å². The average Bonchev–Trinajstić information content (AvgIpc) is 3.13. The summed E-state index contributed by atoms with van der Waals surface area (Å²) in [5.74, 6) is -0.103. The highest BCUT2D eigenvalue weighted by Crippen LogP contribution is 2.36. The van der Waals surface area contributed by atoms with Crippen LogP contribution in [-0.4, -0.2) is 15.7 Å². The van der Waals surface area contributed by atoms with E-state index in [9.17, 15) is 4.79 Å². The number of nitrogens with zero attached hydrogens (tertiary/aromatic N) is 3. The molecule has 2 aromatic carbocycles. The summed E-state index contributed by atoms with van der Waals surface area (Å²) >= 11 is 12.4. The number of anilines is 1. The predicted molar refractivity (Wildman–Crippen MR) is 106 cm³/mol. The van der Waals surface area contributed by atoms with Crippen LogP contribution in [0.3, 0.4) is 0 Å². The maximum absolute atomic E-state index is 12.8. The Morgan fingerprint density at radius 3 is 2.38 bits per heavy atom. The quantitative estimate of drug-likeness (QED) is 0.600. The molecule has 0 N–H and O–H groups in total. The van der Waals surface area contributed by atoms with Gasteiger partial charge in [-0.1, -0.05) is 41.4 Å². The Labute approximate surface area is 163 Å². The molecule has 6 heteroatoms. The van der Waals surface area contributed by atoms with E-state index in [4.69, 9.17) is 23.2 Å². The van der Waals surface area contributed by atoms with Gasteiger partial charge in [0.15, 0.2) is 6.17 Å². The SMILES string of the molecule is CC(=O)N(c1c(C)ccc(Cl)c1C)C(c1ccc(Cl)cc1)n1cccn1. The first kappa shape index (κ1) is 18.5. The molecule has 1 unspecified atom stereocenters. The summed E-state index contributed by atoms with van der Waals surface area (Å²) in [6, 6.07) is 13.0. The van der Waals surface area contributed by atoms with E-state index in [0.29, 0.717) is 10.0 Å². The zero-order valence-corrected chi connectivity index (χ0v) is 16.3. The second kappa shape index (κ2) is 7.52. The van der Waals surface area contributed by atoms with E-state index >= 15 is 0 Å². The smallest absolute Gasteiger partial charge is 0.225 e. The molecule has 1 heterocycles. The highest BCUT2D eigenvalue weighted by molar-refractivity contribution is 6.32. The van der Waals surface area contributed by atoms with Crippen molar-refractivity contribution in [1.82, 2.24) is 9.78 Å². The summed E-state index contributed by atoms with van der Waals surface area (Å²) in [6.45, 7) is 5.44. The number of aromatic nitrogens is 2. The number of aryl methyl sites for hydroxylation is 1. The van der Waals surface area contributed by atoms with Gasteiger partial charge in [0, 0.05) is 29.4 Å². The Morgan fingerprint density at radius 2 is 1.81 bits per heavy atom. The number of rotatable bonds is 4. The van der Waals surface area contributed by atoms with Crippen molar-refractivity contribution in [2.45, 2.75) is 26.9 Å². The lowest BCUT2D eigenvalue weighted by atomic mass is 10.0. The van der Waals surface area contributed by atoms with Gasteiger partial charge in [0.2, 0.25) is 5.91 Å². The molecule has 26 heavy (non-hydrogen) atoms. The third-order valence-corrected chi connectivity index (χ3v) is 5.00. The molecule has 0 saturated carbocycles. The number of hydrogen-bond donors (Lipinski definition) is 0. The van der Waals surface area contributed by atoms with E-state index in [0.717, 1.165) is 22.4 Å². The van der Waals surface area contributed by atoms with Crippen molar-refractivity contribution >= 4 is 34.8 Å². The Kier molecular flexibility index (Phi) is 5.35. The Morgan fingerprint density at radius 1 is 1.12 bits per heavy atom. The standard InChI is InChI=1S/C20H19Cl2N3O/c1-13-5-10-18(22)14(2)19(13)25(15(3)26)20(24-12-4-11-23-24)16-6-8-17(21)9-7-16/h4-12,20H,1-3H3. The predicted octanol–water partition coefficient (Wildman–Crippen LogP) is 5.41. The van der Waals surface area contributed by atoms with E-state index in [1.54, 1.807) is 22.7 Å². The second-order valence-corrected chi connectivity index (χ2v) is 6.98. The van der Waals surface area contributed by atoms with Crippen molar-refractivity contribution in [2.75, 3.05) is 4.90 Å². The molecule has 4 nitrogen and oxygen atoms in total. The first-order valence-electron chi connectivity index (χ1n) is 8.20. The van der Waals surface area contributed by atoms with Gasteiger partial charge in [-0.15, -0.1) is 0 Å². The maximum Gasteiger partial charge on any atom is 0.225 e. The number of carbonyl (C=O) groups excluding carboxylic acids is 1. The van der Waals surface area contributed by atoms with Crippen molar-refractivity contribution in [3.05, 3.63) is 81.6 Å². The van der Waals surface area contributed by atoms with Gasteiger partial charge in [-0.3, -0.25) is 9.69 Å². The minimum atomic E-state index is -0.448. The lowest BCUT2D eigenvalue weighted by molar-refractivity contribution is -0.117. The van der Waals surface area contributed by atoms with Gasteiger partial charge >= 0.3 is 0 Å². The molecule has 1 amide bonds. The summed E-state index contributed by atoms with van der Waals surface area (Å²) < 4.78 is 1.75. The topological polar surface area (TPSA) is 38.1 Å². The van der Waals surface area contributed by atoms with Gasteiger partial charge in [-0.25, -0.2) is 4.68 Å². The zero-order valence-electron chi connectivity index (χ0n) is 14.8.